The van der Waals surface area contributed by atoms with Crippen molar-refractivity contribution in [2.45, 2.75) is 11.3 Å². The summed E-state index contributed by atoms with van der Waals surface area (Å²) in [4.78, 5) is 19.0. The van der Waals surface area contributed by atoms with Gasteiger partial charge in [-0.25, -0.2) is 8.42 Å². The number of carbonyl (C=O) groups is 1. The Kier molecular flexibility index (Phi) is 5.24. The molecule has 4 rings (SSSR count). The number of ether oxygens (including phenoxy) is 1. The minimum atomic E-state index is -3.10. The van der Waals surface area contributed by atoms with Gasteiger partial charge < -0.3 is 9.64 Å². The Bertz CT molecular complexity index is 1050. The summed E-state index contributed by atoms with van der Waals surface area (Å²) >= 11 is 4.77. The minimum Gasteiger partial charge on any atom is -0.497 e. The molecule has 0 N–H and O–H groups in total. The van der Waals surface area contributed by atoms with Crippen LogP contribution >= 0.6 is 27.7 Å². The Morgan fingerprint density at radius 1 is 1.21 bits per heavy atom. The minimum absolute atomic E-state index is 0.0626. The second kappa shape index (κ2) is 7.53. The molecule has 2 heterocycles. The van der Waals surface area contributed by atoms with E-state index >= 15 is 0 Å². The van der Waals surface area contributed by atoms with Crippen molar-refractivity contribution < 1.29 is 17.9 Å². The third kappa shape index (κ3) is 3.83. The number of amides is 1. The third-order valence-electron chi connectivity index (χ3n) is 4.69. The molecule has 0 aromatic heterocycles. The highest BCUT2D eigenvalue weighted by atomic mass is 79.9. The molecule has 9 heteroatoms. The summed E-state index contributed by atoms with van der Waals surface area (Å²) in [5.74, 6) is 0.360. The van der Waals surface area contributed by atoms with E-state index in [1.165, 1.54) is 11.8 Å². The van der Waals surface area contributed by atoms with E-state index < -0.39 is 9.84 Å². The molecule has 0 saturated carbocycles. The topological polar surface area (TPSA) is 76.0 Å². The molecule has 2 saturated heterocycles. The highest BCUT2D eigenvalue weighted by molar-refractivity contribution is 9.10. The quantitative estimate of drug-likeness (QED) is 0.669. The van der Waals surface area contributed by atoms with Gasteiger partial charge in [-0.3, -0.25) is 4.79 Å². The zero-order chi connectivity index (χ0) is 19.9. The third-order valence-corrected chi connectivity index (χ3v) is 8.42. The molecule has 2 aromatic carbocycles. The second-order valence-electron chi connectivity index (χ2n) is 6.58. The molecule has 0 spiro atoms. The molecule has 2 unspecified atom stereocenters. The summed E-state index contributed by atoms with van der Waals surface area (Å²) in [5.41, 5.74) is 1.24. The molecule has 6 nitrogen and oxygen atoms in total. The van der Waals surface area contributed by atoms with Crippen LogP contribution in [-0.2, 0) is 9.84 Å². The number of methoxy groups -OCH3 is 1. The van der Waals surface area contributed by atoms with Gasteiger partial charge in [-0.1, -0.05) is 33.8 Å². The predicted molar refractivity (Wildman–Crippen MR) is 115 cm³/mol. The Balaban J connectivity index is 1.71. The predicted octanol–water partition coefficient (Wildman–Crippen LogP) is 3.37. The lowest BCUT2D eigenvalue weighted by Crippen LogP contribution is -2.37. The van der Waals surface area contributed by atoms with Crippen LogP contribution in [0.2, 0.25) is 0 Å². The fourth-order valence-electron chi connectivity index (χ4n) is 3.38. The molecule has 1 amide bonds. The van der Waals surface area contributed by atoms with Crippen molar-refractivity contribution in [1.82, 2.24) is 0 Å². The van der Waals surface area contributed by atoms with E-state index in [9.17, 15) is 13.2 Å². The van der Waals surface area contributed by atoms with E-state index in [2.05, 4.69) is 20.9 Å². The number of hydrogen-bond donors (Lipinski definition) is 0. The Morgan fingerprint density at radius 3 is 2.68 bits per heavy atom. The van der Waals surface area contributed by atoms with Gasteiger partial charge in [0.1, 0.15) is 5.75 Å². The summed E-state index contributed by atoms with van der Waals surface area (Å²) in [5, 5.41) is 0.394. The number of thioether (sulfide) groups is 1. The average Bonchev–Trinajstić information content (AvgIpc) is 3.13. The summed E-state index contributed by atoms with van der Waals surface area (Å²) in [7, 11) is -1.55. The monoisotopic (exact) mass is 480 g/mol. The lowest BCUT2D eigenvalue weighted by atomic mass is 10.2. The van der Waals surface area contributed by atoms with E-state index in [4.69, 9.17) is 4.74 Å². The van der Waals surface area contributed by atoms with Crippen LogP contribution in [0, 0.1) is 0 Å². The number of nitrogens with zero attached hydrogens (tertiary/aromatic N) is 2. The van der Waals surface area contributed by atoms with Crippen LogP contribution < -0.4 is 9.64 Å². The van der Waals surface area contributed by atoms with Crippen LogP contribution in [0.25, 0.3) is 0 Å². The van der Waals surface area contributed by atoms with Gasteiger partial charge >= 0.3 is 0 Å². The molecular weight excluding hydrogens is 464 g/mol. The standard InChI is InChI=1S/C19H17BrN2O4S2/c1-26-15-4-2-3-12(9-15)18(23)21-19-22(14-7-5-13(20)6-8-14)16-10-28(24,25)11-17(16)27-19/h2-9,16-17H,10-11H2,1H3. The first kappa shape index (κ1) is 19.5. The first-order valence-electron chi connectivity index (χ1n) is 8.55. The highest BCUT2D eigenvalue weighted by Crippen LogP contribution is 2.41. The number of amidine groups is 1. The van der Waals surface area contributed by atoms with Crippen molar-refractivity contribution in [3.05, 3.63) is 58.6 Å². The number of carbonyl (C=O) groups excluding carboxylic acids is 1. The van der Waals surface area contributed by atoms with E-state index in [1.54, 1.807) is 31.4 Å². The van der Waals surface area contributed by atoms with Crippen molar-refractivity contribution in [3.63, 3.8) is 0 Å². The molecule has 146 valence electrons. The van der Waals surface area contributed by atoms with Crippen LogP contribution in [0.5, 0.6) is 5.75 Å². The van der Waals surface area contributed by atoms with Crippen molar-refractivity contribution in [2.75, 3.05) is 23.5 Å². The van der Waals surface area contributed by atoms with Crippen LogP contribution in [0.15, 0.2) is 58.0 Å². The van der Waals surface area contributed by atoms with Gasteiger partial charge in [0.25, 0.3) is 5.91 Å². The molecule has 2 fully saturated rings. The van der Waals surface area contributed by atoms with Crippen LogP contribution in [0.3, 0.4) is 0 Å². The average molecular weight is 481 g/mol. The lowest BCUT2D eigenvalue weighted by molar-refractivity contribution is 0.100. The van der Waals surface area contributed by atoms with Gasteiger partial charge in [0.2, 0.25) is 0 Å². The Morgan fingerprint density at radius 2 is 1.96 bits per heavy atom. The fraction of sp³-hybridized carbons (Fsp3) is 0.263. The van der Waals surface area contributed by atoms with Crippen LogP contribution in [-0.4, -0.2) is 49.4 Å². The second-order valence-corrected chi connectivity index (χ2v) is 10.9. The number of rotatable bonds is 3. The number of fused-ring (bicyclic) bond motifs is 1. The molecule has 2 aromatic rings. The van der Waals surface area contributed by atoms with E-state index in [1.807, 2.05) is 29.2 Å². The largest absolute Gasteiger partial charge is 0.497 e. The number of halogens is 1. The number of anilines is 1. The highest BCUT2D eigenvalue weighted by Gasteiger charge is 2.49. The maximum atomic E-state index is 12.7. The number of benzene rings is 2. The molecule has 0 bridgehead atoms. The Labute approximate surface area is 176 Å². The van der Waals surface area contributed by atoms with E-state index in [0.717, 1.165) is 10.2 Å². The van der Waals surface area contributed by atoms with Gasteiger partial charge in [0, 0.05) is 21.0 Å². The number of aliphatic imine (C=N–C) groups is 1. The number of sulfone groups is 1. The SMILES string of the molecule is COc1cccc(C(=O)N=C2SC3CS(=O)(=O)CC3N2c2ccc(Br)cc2)c1. The maximum Gasteiger partial charge on any atom is 0.279 e. The van der Waals surface area contributed by atoms with Gasteiger partial charge in [-0.05, 0) is 42.5 Å². The summed E-state index contributed by atoms with van der Waals surface area (Å²) in [6.07, 6.45) is 0. The smallest absolute Gasteiger partial charge is 0.279 e. The number of hydrogen-bond acceptors (Lipinski definition) is 5. The molecule has 28 heavy (non-hydrogen) atoms. The van der Waals surface area contributed by atoms with Crippen molar-refractivity contribution >= 4 is 54.3 Å². The maximum absolute atomic E-state index is 12.7. The molecular formula is C19H17BrN2O4S2. The van der Waals surface area contributed by atoms with Crippen LogP contribution in [0.1, 0.15) is 10.4 Å². The van der Waals surface area contributed by atoms with Gasteiger partial charge in [-0.15, -0.1) is 0 Å². The zero-order valence-corrected chi connectivity index (χ0v) is 18.1. The van der Waals surface area contributed by atoms with Crippen molar-refractivity contribution in [1.29, 1.82) is 0 Å². The van der Waals surface area contributed by atoms with Gasteiger partial charge in [0.05, 0.1) is 24.7 Å². The van der Waals surface area contributed by atoms with Gasteiger partial charge in [-0.2, -0.15) is 4.99 Å². The fourth-order valence-corrected chi connectivity index (χ4v) is 7.55. The Hall–Kier alpha value is -1.84. The van der Waals surface area contributed by atoms with E-state index in [-0.39, 0.29) is 28.7 Å². The van der Waals surface area contributed by atoms with Gasteiger partial charge in [0.15, 0.2) is 15.0 Å². The first-order chi connectivity index (χ1) is 13.4. The summed E-state index contributed by atoms with van der Waals surface area (Å²) in [6, 6.07) is 14.2. The summed E-state index contributed by atoms with van der Waals surface area (Å²) < 4.78 is 30.3. The molecule has 2 aliphatic heterocycles. The normalized spacial score (nSPS) is 24.4. The molecule has 0 aliphatic carbocycles. The van der Waals surface area contributed by atoms with Crippen molar-refractivity contribution in [2.24, 2.45) is 4.99 Å². The zero-order valence-electron chi connectivity index (χ0n) is 14.9. The first-order valence-corrected chi connectivity index (χ1v) is 12.0. The van der Waals surface area contributed by atoms with Crippen molar-refractivity contribution in [3.8, 4) is 5.75 Å². The molecule has 0 radical (unpaired) electrons. The summed E-state index contributed by atoms with van der Waals surface area (Å²) in [6.45, 7) is 0. The van der Waals surface area contributed by atoms with Crippen LogP contribution in [0.4, 0.5) is 5.69 Å². The lowest BCUT2D eigenvalue weighted by Gasteiger charge is -2.24. The molecule has 2 atom stereocenters. The van der Waals surface area contributed by atoms with E-state index in [0.29, 0.717) is 16.5 Å². The molecule has 2 aliphatic rings.